The van der Waals surface area contributed by atoms with Crippen molar-refractivity contribution >= 4 is 175 Å². The van der Waals surface area contributed by atoms with Crippen molar-refractivity contribution in [1.82, 2.24) is 0 Å². The van der Waals surface area contributed by atoms with Crippen molar-refractivity contribution in [3.63, 3.8) is 0 Å². The van der Waals surface area contributed by atoms with Crippen LogP contribution in [-0.2, 0) is 9.13 Å². The zero-order valence-electron chi connectivity index (χ0n) is 47.7. The fourth-order valence-corrected chi connectivity index (χ4v) is 21.2. The van der Waals surface area contributed by atoms with Crippen molar-refractivity contribution in [1.29, 1.82) is 0 Å². The predicted octanol–water partition coefficient (Wildman–Crippen LogP) is 20.5. The summed E-state index contributed by atoms with van der Waals surface area (Å²) < 4.78 is 34.7. The summed E-state index contributed by atoms with van der Waals surface area (Å²) in [6.45, 7) is 0. The highest BCUT2D eigenvalue weighted by molar-refractivity contribution is 7.86. The normalized spacial score (nSPS) is 13.0. The molecule has 18 aromatic rings. The van der Waals surface area contributed by atoms with E-state index in [0.717, 1.165) is 151 Å². The molecule has 0 heterocycles. The first kappa shape index (κ1) is 50.8. The highest BCUT2D eigenvalue weighted by Gasteiger charge is 2.37. The van der Waals surface area contributed by atoms with Gasteiger partial charge in [-0.2, -0.15) is 0 Å². The molecule has 0 bridgehead atoms. The van der Waals surface area contributed by atoms with Gasteiger partial charge in [-0.05, 0) is 177 Å². The summed E-state index contributed by atoms with van der Waals surface area (Å²) in [5, 5.41) is 31.2. The van der Waals surface area contributed by atoms with Gasteiger partial charge in [0.25, 0.3) is 0 Å². The van der Waals surface area contributed by atoms with Crippen molar-refractivity contribution < 1.29 is 9.13 Å². The van der Waals surface area contributed by atoms with E-state index in [4.69, 9.17) is 0 Å². The Morgan fingerprint density at radius 3 is 1.05 bits per heavy atom. The molecule has 1 atom stereocenters. The predicted molar refractivity (Wildman–Crippen MR) is 381 cm³/mol. The standard InChI is InChI=1S/C84H52O2P2/c85-87(61-44-41-53-19-1-2-22-56(53)48-61,81-51-77-68-30-9-7-27-65(68)66-28-11-14-34-72(66)83(77)73-35-15-12-32-70(73)81)62-45-42-58-47-57(39-40-59(58)49-62)60-43-46-75-76(50-60)67-29-8-10-31-69(67)78-52-82(71-33-13-16-36-74(71)84(75)78)88(86,79-37-17-23-54-20-3-5-25-63(54)79)80-38-18-24-55-21-4-6-26-64(55)80/h1-52H. The molecule has 0 spiro atoms. The molecule has 4 heteroatoms. The lowest BCUT2D eigenvalue weighted by atomic mass is 9.89. The van der Waals surface area contributed by atoms with E-state index in [9.17, 15) is 0 Å². The minimum Gasteiger partial charge on any atom is -0.309 e. The number of rotatable bonds is 7. The monoisotopic (exact) mass is 1150 g/mol. The Kier molecular flexibility index (Phi) is 11.3. The average molecular weight is 1160 g/mol. The summed E-state index contributed by atoms with van der Waals surface area (Å²) in [6, 6.07) is 112. The number of hydrogen-bond acceptors (Lipinski definition) is 2. The summed E-state index contributed by atoms with van der Waals surface area (Å²) in [6.07, 6.45) is 0. The zero-order chi connectivity index (χ0) is 58.2. The van der Waals surface area contributed by atoms with E-state index in [0.29, 0.717) is 0 Å². The average Bonchev–Trinajstić information content (AvgIpc) is 0.812. The van der Waals surface area contributed by atoms with Gasteiger partial charge in [0, 0.05) is 31.8 Å². The molecule has 0 saturated carbocycles. The van der Waals surface area contributed by atoms with Crippen molar-refractivity contribution in [2.75, 3.05) is 0 Å². The first-order valence-corrected chi connectivity index (χ1v) is 33.6. The second-order valence-corrected chi connectivity index (χ2v) is 29.0. The Morgan fingerprint density at radius 2 is 0.500 bits per heavy atom. The third kappa shape index (κ3) is 7.44. The largest absolute Gasteiger partial charge is 0.309 e. The fraction of sp³-hybridized carbons (Fsp3) is 0. The van der Waals surface area contributed by atoms with Gasteiger partial charge in [-0.3, -0.25) is 0 Å². The van der Waals surface area contributed by atoms with Crippen LogP contribution in [0, 0.1) is 0 Å². The first-order valence-electron chi connectivity index (χ1n) is 30.2. The Balaban J connectivity index is 0.821. The summed E-state index contributed by atoms with van der Waals surface area (Å²) in [5.41, 5.74) is 2.19. The van der Waals surface area contributed by atoms with E-state index >= 15 is 9.13 Å². The third-order valence-corrected chi connectivity index (χ3v) is 25.3. The Labute approximate surface area is 507 Å². The van der Waals surface area contributed by atoms with Crippen LogP contribution >= 0.6 is 14.3 Å². The smallest absolute Gasteiger partial charge is 0.172 e. The van der Waals surface area contributed by atoms with Crippen molar-refractivity contribution in [3.05, 3.63) is 315 Å². The van der Waals surface area contributed by atoms with Gasteiger partial charge in [-0.15, -0.1) is 0 Å². The minimum absolute atomic E-state index is 0.794. The first-order chi connectivity index (χ1) is 43.4. The number of hydrogen-bond donors (Lipinski definition) is 0. The number of benzene rings is 18. The molecule has 0 aromatic heterocycles. The highest BCUT2D eigenvalue weighted by atomic mass is 31.2. The zero-order valence-corrected chi connectivity index (χ0v) is 49.5. The molecule has 0 N–H and O–H groups in total. The molecule has 0 fully saturated rings. The summed E-state index contributed by atoms with van der Waals surface area (Å²) in [4.78, 5) is 0. The minimum atomic E-state index is -3.63. The molecule has 0 amide bonds. The lowest BCUT2D eigenvalue weighted by Gasteiger charge is -2.26. The lowest BCUT2D eigenvalue weighted by Crippen LogP contribution is -2.27. The second-order valence-electron chi connectivity index (χ2n) is 23.6. The summed E-state index contributed by atoms with van der Waals surface area (Å²) >= 11 is 0. The van der Waals surface area contributed by atoms with Gasteiger partial charge in [-0.1, -0.05) is 279 Å². The van der Waals surface area contributed by atoms with Crippen LogP contribution in [0.3, 0.4) is 0 Å². The Morgan fingerprint density at radius 1 is 0.170 bits per heavy atom. The molecule has 1 unspecified atom stereocenters. The van der Waals surface area contributed by atoms with Gasteiger partial charge < -0.3 is 9.13 Å². The van der Waals surface area contributed by atoms with E-state index in [1.165, 1.54) is 21.5 Å². The van der Waals surface area contributed by atoms with E-state index in [2.05, 4.69) is 315 Å². The second kappa shape index (κ2) is 19.5. The van der Waals surface area contributed by atoms with Gasteiger partial charge in [0.05, 0.1) is 0 Å². The van der Waals surface area contributed by atoms with Gasteiger partial charge >= 0.3 is 0 Å². The summed E-state index contributed by atoms with van der Waals surface area (Å²) in [5.74, 6) is 0. The quantitative estimate of drug-likeness (QED) is 0.118. The maximum absolute atomic E-state index is 17.4. The highest BCUT2D eigenvalue weighted by Crippen LogP contribution is 2.52. The van der Waals surface area contributed by atoms with E-state index in [1.54, 1.807) is 0 Å². The van der Waals surface area contributed by atoms with E-state index in [1.807, 2.05) is 0 Å². The maximum Gasteiger partial charge on any atom is 0.172 e. The molecule has 0 aliphatic rings. The molecule has 410 valence electrons. The van der Waals surface area contributed by atoms with Crippen LogP contribution < -0.4 is 31.8 Å². The van der Waals surface area contributed by atoms with Gasteiger partial charge in [0.1, 0.15) is 0 Å². The molecular formula is C84H52O2P2. The molecule has 0 saturated heterocycles. The van der Waals surface area contributed by atoms with E-state index in [-0.39, 0.29) is 0 Å². The van der Waals surface area contributed by atoms with Crippen LogP contribution in [0.2, 0.25) is 0 Å². The van der Waals surface area contributed by atoms with Crippen LogP contribution in [-0.4, -0.2) is 0 Å². The molecular weight excluding hydrogens is 1100 g/mol. The topological polar surface area (TPSA) is 34.1 Å². The van der Waals surface area contributed by atoms with Crippen LogP contribution in [0.5, 0.6) is 0 Å². The molecule has 2 nitrogen and oxygen atoms in total. The molecule has 0 aliphatic carbocycles. The van der Waals surface area contributed by atoms with Crippen LogP contribution in [0.4, 0.5) is 0 Å². The van der Waals surface area contributed by atoms with Crippen molar-refractivity contribution in [2.24, 2.45) is 0 Å². The number of fused-ring (bicyclic) bond motifs is 20. The van der Waals surface area contributed by atoms with Crippen molar-refractivity contribution in [2.45, 2.75) is 0 Å². The van der Waals surface area contributed by atoms with Crippen LogP contribution in [0.15, 0.2) is 315 Å². The van der Waals surface area contributed by atoms with E-state index < -0.39 is 14.3 Å². The fourth-order valence-electron chi connectivity index (χ4n) is 15.0. The lowest BCUT2D eigenvalue weighted by molar-refractivity contribution is 0.592. The molecule has 0 radical (unpaired) electrons. The van der Waals surface area contributed by atoms with Gasteiger partial charge in [0.15, 0.2) is 14.3 Å². The van der Waals surface area contributed by atoms with Crippen LogP contribution in [0.25, 0.3) is 140 Å². The maximum atomic E-state index is 17.4. The summed E-state index contributed by atoms with van der Waals surface area (Å²) in [7, 11) is -7.24. The molecule has 18 rings (SSSR count). The molecule has 88 heavy (non-hydrogen) atoms. The van der Waals surface area contributed by atoms with Crippen molar-refractivity contribution in [3.8, 4) is 11.1 Å². The SMILES string of the molecule is O=P(c1ccc2ccccc2c1)(c1ccc2cc(-c3ccc4c(c3)c3ccccc3c3cc(P(=O)(c5cccc6ccccc56)c5cccc6ccccc56)c5ccccc5c43)ccc2c1)c1cc2c3ccccc3c3ccccc3c2c2ccccc12. The van der Waals surface area contributed by atoms with Gasteiger partial charge in [-0.25, -0.2) is 0 Å². The molecule has 18 aromatic carbocycles. The Bertz CT molecular complexity index is 6060. The third-order valence-electron chi connectivity index (χ3n) is 19.1. The van der Waals surface area contributed by atoms with Gasteiger partial charge in [0.2, 0.25) is 0 Å². The molecule has 0 aliphatic heterocycles. The van der Waals surface area contributed by atoms with Crippen LogP contribution in [0.1, 0.15) is 0 Å². The Hall–Kier alpha value is -10.5.